The van der Waals surface area contributed by atoms with E-state index in [-0.39, 0.29) is 62.2 Å². The van der Waals surface area contributed by atoms with Crippen LogP contribution in [0.25, 0.3) is 10.8 Å². The first-order valence-corrected chi connectivity index (χ1v) is 15.8. The number of carbonyl (C=O) groups excluding carboxylic acids is 2. The van der Waals surface area contributed by atoms with E-state index in [9.17, 15) is 23.9 Å². The Balaban J connectivity index is 1.45. The monoisotopic (exact) mass is 655 g/mol. The van der Waals surface area contributed by atoms with Crippen LogP contribution in [0.15, 0.2) is 60.8 Å². The van der Waals surface area contributed by atoms with Crippen LogP contribution in [0.1, 0.15) is 59.5 Å². The lowest BCUT2D eigenvalue weighted by Crippen LogP contribution is -2.43. The van der Waals surface area contributed by atoms with Crippen LogP contribution in [-0.4, -0.2) is 59.8 Å². The van der Waals surface area contributed by atoms with Crippen molar-refractivity contribution in [3.05, 3.63) is 94.4 Å². The molecule has 2 atom stereocenters. The van der Waals surface area contributed by atoms with E-state index in [1.54, 1.807) is 43.4 Å². The standard InChI is InChI=1S/C36H38FN5O6/c1-20-14-22-4-7-26(20)21(2)19-48-35(46)41-24-6-9-29(36(34(44)45)10-12-47-13-11-36)23(15-24)18-42(3)33(43)31(22)40-25-5-8-27-28(16-25)30(37)17-39-32(27)38/h4-9,14-17,21,31,40H,10-13,18-19H2,1-3H3,(H2,38,39)(H,41,46)(H,44,45)/t21-,31+/m0/s1. The number of aryl methyl sites for hydroxylation is 1. The van der Waals surface area contributed by atoms with Gasteiger partial charge in [-0.05, 0) is 77.9 Å². The number of anilines is 3. The van der Waals surface area contributed by atoms with Crippen molar-refractivity contribution in [3.8, 4) is 0 Å². The highest BCUT2D eigenvalue weighted by Gasteiger charge is 2.43. The molecule has 250 valence electrons. The molecule has 0 unspecified atom stereocenters. The number of carboxylic acids is 1. The third-order valence-corrected chi connectivity index (χ3v) is 9.46. The Labute approximate surface area is 277 Å². The topological polar surface area (TPSA) is 156 Å². The summed E-state index contributed by atoms with van der Waals surface area (Å²) in [5, 5.41) is 17.3. The summed E-state index contributed by atoms with van der Waals surface area (Å²) in [6.45, 7) is 4.59. The van der Waals surface area contributed by atoms with E-state index < -0.39 is 29.3 Å². The largest absolute Gasteiger partial charge is 0.481 e. The number of aromatic nitrogens is 1. The van der Waals surface area contributed by atoms with Gasteiger partial charge in [0.2, 0.25) is 5.91 Å². The Kier molecular flexibility index (Phi) is 8.93. The molecule has 1 aromatic heterocycles. The van der Waals surface area contributed by atoms with Crippen molar-refractivity contribution in [2.24, 2.45) is 0 Å². The van der Waals surface area contributed by atoms with E-state index in [0.29, 0.717) is 33.5 Å². The number of benzene rings is 3. The number of carbonyl (C=O) groups is 3. The molecule has 3 aliphatic heterocycles. The molecule has 5 N–H and O–H groups in total. The molecule has 0 spiro atoms. The number of hydrogen-bond donors (Lipinski definition) is 4. The highest BCUT2D eigenvalue weighted by atomic mass is 19.1. The number of nitrogen functional groups attached to an aromatic ring is 1. The van der Waals surface area contributed by atoms with Crippen molar-refractivity contribution in [1.82, 2.24) is 9.88 Å². The van der Waals surface area contributed by atoms with Gasteiger partial charge in [-0.3, -0.25) is 14.9 Å². The Morgan fingerprint density at radius 2 is 1.88 bits per heavy atom. The van der Waals surface area contributed by atoms with Crippen molar-refractivity contribution in [3.63, 3.8) is 0 Å². The molecule has 3 aliphatic rings. The summed E-state index contributed by atoms with van der Waals surface area (Å²) in [6, 6.07) is 14.8. The Morgan fingerprint density at radius 3 is 2.60 bits per heavy atom. The minimum absolute atomic E-state index is 0.0372. The average molecular weight is 656 g/mol. The lowest BCUT2D eigenvalue weighted by atomic mass is 9.72. The van der Waals surface area contributed by atoms with Gasteiger partial charge in [0, 0.05) is 54.9 Å². The second-order valence-electron chi connectivity index (χ2n) is 12.6. The summed E-state index contributed by atoms with van der Waals surface area (Å²) in [7, 11) is 1.64. The molecule has 2 amide bonds. The van der Waals surface area contributed by atoms with E-state index >= 15 is 0 Å². The molecular weight excluding hydrogens is 617 g/mol. The summed E-state index contributed by atoms with van der Waals surface area (Å²) in [4.78, 5) is 45.6. The van der Waals surface area contributed by atoms with Gasteiger partial charge in [-0.15, -0.1) is 0 Å². The average Bonchev–Trinajstić information content (AvgIpc) is 3.07. The fourth-order valence-electron chi connectivity index (χ4n) is 6.79. The molecule has 0 radical (unpaired) electrons. The second-order valence-corrected chi connectivity index (χ2v) is 12.6. The van der Waals surface area contributed by atoms with Crippen LogP contribution in [0.2, 0.25) is 0 Å². The van der Waals surface area contributed by atoms with Crippen LogP contribution in [0, 0.1) is 12.7 Å². The number of ether oxygens (including phenoxy) is 2. The van der Waals surface area contributed by atoms with Gasteiger partial charge in [-0.2, -0.15) is 0 Å². The SMILES string of the molecule is Cc1cc2ccc1[C@@H](C)COC(=O)Nc1ccc(C3(C(=O)O)CCOCC3)c(c1)CN(C)C(=O)[C@@H]2Nc1ccc2c(N)ncc(F)c2c1. The fraction of sp³-hybridized carbons (Fsp3) is 0.333. The zero-order chi connectivity index (χ0) is 34.2. The number of likely N-dealkylation sites (N-methyl/N-ethyl adjacent to an activating group) is 1. The van der Waals surface area contributed by atoms with E-state index in [2.05, 4.69) is 15.6 Å². The van der Waals surface area contributed by atoms with Gasteiger partial charge in [0.05, 0.1) is 18.2 Å². The normalized spacial score (nSPS) is 19.9. The number of pyridine rings is 1. The summed E-state index contributed by atoms with van der Waals surface area (Å²) >= 11 is 0. The molecule has 0 aliphatic carbocycles. The molecule has 1 saturated heterocycles. The molecule has 48 heavy (non-hydrogen) atoms. The Bertz CT molecular complexity index is 1910. The zero-order valence-electron chi connectivity index (χ0n) is 27.0. The van der Waals surface area contributed by atoms with Crippen LogP contribution >= 0.6 is 0 Å². The number of nitrogens with two attached hydrogens (primary N) is 1. The van der Waals surface area contributed by atoms with Crippen LogP contribution in [0.5, 0.6) is 0 Å². The maximum absolute atomic E-state index is 14.8. The summed E-state index contributed by atoms with van der Waals surface area (Å²) in [5.41, 5.74) is 9.29. The smallest absolute Gasteiger partial charge is 0.411 e. The van der Waals surface area contributed by atoms with Crippen LogP contribution in [0.3, 0.4) is 0 Å². The summed E-state index contributed by atoms with van der Waals surface area (Å²) < 4.78 is 25.9. The van der Waals surface area contributed by atoms with Gasteiger partial charge in [0.25, 0.3) is 0 Å². The molecule has 1 fully saturated rings. The van der Waals surface area contributed by atoms with Gasteiger partial charge in [0.1, 0.15) is 17.7 Å². The van der Waals surface area contributed by atoms with Crippen LogP contribution in [-0.2, 0) is 31.0 Å². The van der Waals surface area contributed by atoms with Gasteiger partial charge in [-0.25, -0.2) is 14.2 Å². The van der Waals surface area contributed by atoms with Crippen molar-refractivity contribution in [1.29, 1.82) is 0 Å². The molecule has 4 heterocycles. The van der Waals surface area contributed by atoms with Crippen molar-refractivity contribution in [2.45, 2.75) is 50.6 Å². The van der Waals surface area contributed by atoms with Gasteiger partial charge in [-0.1, -0.05) is 31.2 Å². The molecule has 0 saturated carbocycles. The van der Waals surface area contributed by atoms with E-state index in [0.717, 1.165) is 17.3 Å². The van der Waals surface area contributed by atoms with Crippen LogP contribution in [0.4, 0.5) is 26.4 Å². The first kappa shape index (κ1) is 32.7. The Hall–Kier alpha value is -5.23. The minimum Gasteiger partial charge on any atom is -0.481 e. The number of aliphatic carboxylic acids is 1. The highest BCUT2D eigenvalue weighted by molar-refractivity contribution is 5.94. The van der Waals surface area contributed by atoms with Gasteiger partial charge >= 0.3 is 12.1 Å². The quantitative estimate of drug-likeness (QED) is 0.211. The molecule has 11 nitrogen and oxygen atoms in total. The molecule has 7 rings (SSSR count). The van der Waals surface area contributed by atoms with Gasteiger partial charge < -0.3 is 30.5 Å². The van der Waals surface area contributed by atoms with Crippen molar-refractivity contribution < 1.29 is 33.4 Å². The number of fused-ring (bicyclic) bond motifs is 10. The summed E-state index contributed by atoms with van der Waals surface area (Å²) in [5.74, 6) is -1.78. The highest BCUT2D eigenvalue weighted by Crippen LogP contribution is 2.39. The number of hydrogen-bond acceptors (Lipinski definition) is 8. The molecule has 3 aromatic carbocycles. The number of carboxylic acid groups (broad SMARTS) is 1. The lowest BCUT2D eigenvalue weighted by molar-refractivity contribution is -0.147. The molecular formula is C36H38FN5O6. The molecule has 4 bridgehead atoms. The third-order valence-electron chi connectivity index (χ3n) is 9.46. The maximum atomic E-state index is 14.8. The van der Waals surface area contributed by atoms with Crippen LogP contribution < -0.4 is 16.4 Å². The number of rotatable bonds is 4. The minimum atomic E-state index is -1.23. The Morgan fingerprint density at radius 1 is 1.10 bits per heavy atom. The predicted octanol–water partition coefficient (Wildman–Crippen LogP) is 5.87. The zero-order valence-corrected chi connectivity index (χ0v) is 27.0. The molecule has 4 aromatic rings. The fourth-order valence-corrected chi connectivity index (χ4v) is 6.79. The van der Waals surface area contributed by atoms with E-state index in [4.69, 9.17) is 15.2 Å². The van der Waals surface area contributed by atoms with Crippen molar-refractivity contribution in [2.75, 3.05) is 43.2 Å². The number of nitrogens with one attached hydrogen (secondary N) is 2. The predicted molar refractivity (Wildman–Crippen MR) is 179 cm³/mol. The number of nitrogens with zero attached hydrogens (tertiary/aromatic N) is 2. The van der Waals surface area contributed by atoms with Crippen molar-refractivity contribution >= 4 is 45.9 Å². The molecule has 12 heteroatoms. The number of amides is 2. The third kappa shape index (κ3) is 6.23. The number of halogens is 1. The maximum Gasteiger partial charge on any atom is 0.411 e. The van der Waals surface area contributed by atoms with E-state index in [1.165, 1.54) is 4.90 Å². The van der Waals surface area contributed by atoms with Gasteiger partial charge in [0.15, 0.2) is 0 Å². The first-order valence-electron chi connectivity index (χ1n) is 15.8. The summed E-state index contributed by atoms with van der Waals surface area (Å²) in [6.07, 6.45) is 0.942. The van der Waals surface area contributed by atoms with E-state index in [1.807, 2.05) is 32.0 Å². The first-order chi connectivity index (χ1) is 23.0. The second kappa shape index (κ2) is 13.1. The lowest BCUT2D eigenvalue weighted by Gasteiger charge is -2.36.